The van der Waals surface area contributed by atoms with Crippen molar-refractivity contribution in [1.29, 1.82) is 0 Å². The van der Waals surface area contributed by atoms with Crippen LogP contribution in [-0.2, 0) is 0 Å². The van der Waals surface area contributed by atoms with Crippen LogP contribution in [0.4, 0.5) is 5.69 Å². The van der Waals surface area contributed by atoms with Gasteiger partial charge >= 0.3 is 0 Å². The first-order chi connectivity index (χ1) is 12.2. The molecule has 8 heteroatoms. The Labute approximate surface area is 141 Å². The molecule has 0 saturated carbocycles. The minimum absolute atomic E-state index is 0.0457. The molecule has 1 aromatic heterocycles. The van der Waals surface area contributed by atoms with Crippen molar-refractivity contribution >= 4 is 22.5 Å². The number of rotatable bonds is 3. The van der Waals surface area contributed by atoms with E-state index in [2.05, 4.69) is 31.0 Å². The van der Waals surface area contributed by atoms with Gasteiger partial charge in [-0.1, -0.05) is 30.3 Å². The zero-order chi connectivity index (χ0) is 17.2. The van der Waals surface area contributed by atoms with Crippen molar-refractivity contribution in [2.24, 2.45) is 20.7 Å². The van der Waals surface area contributed by atoms with Gasteiger partial charge in [-0.05, 0) is 40.1 Å². The fourth-order valence-electron chi connectivity index (χ4n) is 2.59. The standard InChI is InChI=1S/C17H12N6O2/c24-16(13-9-10-4-1-2-7-14(10)19-17(13)25)18-12-6-3-5-11(8-12)15-20-22-23-21-15/h1-9,15H,(H,18,24)(H,19,25). The van der Waals surface area contributed by atoms with Gasteiger partial charge in [-0.3, -0.25) is 9.59 Å². The van der Waals surface area contributed by atoms with Crippen LogP contribution in [0, 0.1) is 0 Å². The summed E-state index contributed by atoms with van der Waals surface area (Å²) in [5.74, 6) is -0.487. The minimum Gasteiger partial charge on any atom is -0.322 e. The Morgan fingerprint density at radius 1 is 1.00 bits per heavy atom. The van der Waals surface area contributed by atoms with Gasteiger partial charge in [-0.2, -0.15) is 0 Å². The van der Waals surface area contributed by atoms with E-state index in [0.29, 0.717) is 11.2 Å². The number of amides is 1. The number of H-pyrrole nitrogens is 1. The minimum atomic E-state index is -0.499. The van der Waals surface area contributed by atoms with Crippen molar-refractivity contribution in [3.8, 4) is 0 Å². The third-order valence-corrected chi connectivity index (χ3v) is 3.80. The number of pyridine rings is 1. The first-order valence-electron chi connectivity index (χ1n) is 7.54. The summed E-state index contributed by atoms with van der Waals surface area (Å²) in [7, 11) is 0. The average Bonchev–Trinajstić information content (AvgIpc) is 3.16. The topological polar surface area (TPSA) is 111 Å². The van der Waals surface area contributed by atoms with Crippen LogP contribution in [0.1, 0.15) is 22.1 Å². The maximum atomic E-state index is 12.5. The number of fused-ring (bicyclic) bond motifs is 1. The van der Waals surface area contributed by atoms with Gasteiger partial charge in [-0.25, -0.2) is 0 Å². The average molecular weight is 332 g/mol. The van der Waals surface area contributed by atoms with Crippen molar-refractivity contribution in [3.63, 3.8) is 0 Å². The first-order valence-corrected chi connectivity index (χ1v) is 7.54. The predicted molar refractivity (Wildman–Crippen MR) is 91.4 cm³/mol. The highest BCUT2D eigenvalue weighted by molar-refractivity contribution is 6.05. The summed E-state index contributed by atoms with van der Waals surface area (Å²) in [6, 6.07) is 15.9. The molecule has 25 heavy (non-hydrogen) atoms. The van der Waals surface area contributed by atoms with E-state index in [9.17, 15) is 9.59 Å². The molecule has 3 aromatic rings. The number of anilines is 1. The molecular formula is C17H12N6O2. The molecule has 2 aromatic carbocycles. The number of aromatic amines is 1. The van der Waals surface area contributed by atoms with E-state index in [4.69, 9.17) is 0 Å². The van der Waals surface area contributed by atoms with Crippen LogP contribution in [0.15, 0.2) is 80.1 Å². The number of hydrogen-bond donors (Lipinski definition) is 2. The van der Waals surface area contributed by atoms with Gasteiger partial charge in [0.15, 0.2) is 0 Å². The Balaban J connectivity index is 1.63. The number of para-hydroxylation sites is 1. The van der Waals surface area contributed by atoms with Crippen LogP contribution in [-0.4, -0.2) is 10.9 Å². The molecule has 0 bridgehead atoms. The lowest BCUT2D eigenvalue weighted by Gasteiger charge is -2.08. The fraction of sp³-hybridized carbons (Fsp3) is 0.0588. The van der Waals surface area contributed by atoms with Gasteiger partial charge in [0.25, 0.3) is 11.5 Å². The second-order valence-corrected chi connectivity index (χ2v) is 5.46. The molecule has 4 rings (SSSR count). The lowest BCUT2D eigenvalue weighted by molar-refractivity contribution is 0.102. The van der Waals surface area contributed by atoms with Crippen molar-refractivity contribution in [1.82, 2.24) is 4.98 Å². The van der Waals surface area contributed by atoms with Crippen LogP contribution in [0.5, 0.6) is 0 Å². The smallest absolute Gasteiger partial charge is 0.261 e. The maximum Gasteiger partial charge on any atom is 0.261 e. The molecule has 0 fully saturated rings. The Morgan fingerprint density at radius 2 is 1.80 bits per heavy atom. The summed E-state index contributed by atoms with van der Waals surface area (Å²) in [6.45, 7) is 0. The number of benzene rings is 2. The van der Waals surface area contributed by atoms with E-state index in [1.165, 1.54) is 0 Å². The molecule has 0 unspecified atom stereocenters. The lowest BCUT2D eigenvalue weighted by atomic mass is 10.1. The van der Waals surface area contributed by atoms with E-state index < -0.39 is 17.6 Å². The Kier molecular flexibility index (Phi) is 3.62. The third-order valence-electron chi connectivity index (χ3n) is 3.80. The highest BCUT2D eigenvalue weighted by atomic mass is 16.2. The van der Waals surface area contributed by atoms with Gasteiger partial charge in [0.1, 0.15) is 5.56 Å². The van der Waals surface area contributed by atoms with E-state index >= 15 is 0 Å². The highest BCUT2D eigenvalue weighted by Gasteiger charge is 2.15. The zero-order valence-corrected chi connectivity index (χ0v) is 12.9. The van der Waals surface area contributed by atoms with Crippen LogP contribution in [0.2, 0.25) is 0 Å². The number of carbonyl (C=O) groups is 1. The normalized spacial score (nSPS) is 13.4. The molecule has 0 aliphatic carbocycles. The molecule has 0 saturated heterocycles. The monoisotopic (exact) mass is 332 g/mol. The highest BCUT2D eigenvalue weighted by Crippen LogP contribution is 2.26. The molecule has 2 N–H and O–H groups in total. The van der Waals surface area contributed by atoms with Crippen molar-refractivity contribution in [3.05, 3.63) is 76.1 Å². The summed E-state index contributed by atoms with van der Waals surface area (Å²) >= 11 is 0. The van der Waals surface area contributed by atoms with Crippen molar-refractivity contribution in [2.75, 3.05) is 5.32 Å². The number of aromatic nitrogens is 1. The van der Waals surface area contributed by atoms with Crippen LogP contribution >= 0.6 is 0 Å². The molecular weight excluding hydrogens is 320 g/mol. The van der Waals surface area contributed by atoms with E-state index in [0.717, 1.165) is 10.9 Å². The molecule has 0 atom stereocenters. The summed E-state index contributed by atoms with van der Waals surface area (Å²) in [5.41, 5.74) is 1.57. The predicted octanol–water partition coefficient (Wildman–Crippen LogP) is 3.61. The lowest BCUT2D eigenvalue weighted by Crippen LogP contribution is -2.23. The SMILES string of the molecule is O=C(Nc1cccc(C2N=NN=N2)c1)c1cc2ccccc2[nH]c1=O. The summed E-state index contributed by atoms with van der Waals surface area (Å²) in [4.78, 5) is 27.4. The van der Waals surface area contributed by atoms with Crippen LogP contribution < -0.4 is 10.9 Å². The Morgan fingerprint density at radius 3 is 2.64 bits per heavy atom. The number of nitrogens with one attached hydrogen (secondary N) is 2. The van der Waals surface area contributed by atoms with E-state index in [1.54, 1.807) is 30.3 Å². The quantitative estimate of drug-likeness (QED) is 0.763. The summed E-state index contributed by atoms with van der Waals surface area (Å²) in [5, 5.41) is 18.2. The molecule has 1 amide bonds. The fourth-order valence-corrected chi connectivity index (χ4v) is 2.59. The van der Waals surface area contributed by atoms with Gasteiger partial charge in [0, 0.05) is 16.8 Å². The van der Waals surface area contributed by atoms with Crippen molar-refractivity contribution in [2.45, 2.75) is 6.17 Å². The van der Waals surface area contributed by atoms with Gasteiger partial charge < -0.3 is 10.3 Å². The van der Waals surface area contributed by atoms with Crippen LogP contribution in [0.3, 0.4) is 0 Å². The van der Waals surface area contributed by atoms with Crippen LogP contribution in [0.25, 0.3) is 10.9 Å². The Hall–Kier alpha value is -3.68. The van der Waals surface area contributed by atoms with Gasteiger partial charge in [0.2, 0.25) is 6.17 Å². The van der Waals surface area contributed by atoms with Gasteiger partial charge in [0.05, 0.1) is 0 Å². The molecule has 2 heterocycles. The number of nitrogens with zero attached hydrogens (tertiary/aromatic N) is 4. The van der Waals surface area contributed by atoms with Crippen molar-refractivity contribution < 1.29 is 4.79 Å². The third kappa shape index (κ3) is 2.92. The number of carbonyl (C=O) groups excluding carboxylic acids is 1. The van der Waals surface area contributed by atoms with Gasteiger partial charge in [-0.15, -0.1) is 10.2 Å². The molecule has 1 aliphatic heterocycles. The number of hydrogen-bond acceptors (Lipinski definition) is 6. The summed E-state index contributed by atoms with van der Waals surface area (Å²) in [6.07, 6.45) is -0.499. The second-order valence-electron chi connectivity index (χ2n) is 5.46. The largest absolute Gasteiger partial charge is 0.322 e. The molecule has 0 radical (unpaired) electrons. The van der Waals surface area contributed by atoms with E-state index in [1.807, 2.05) is 24.3 Å². The molecule has 8 nitrogen and oxygen atoms in total. The second kappa shape index (κ2) is 6.08. The zero-order valence-electron chi connectivity index (χ0n) is 12.9. The molecule has 122 valence electrons. The maximum absolute atomic E-state index is 12.5. The molecule has 0 spiro atoms. The summed E-state index contributed by atoms with van der Waals surface area (Å²) < 4.78 is 0. The van der Waals surface area contributed by atoms with E-state index in [-0.39, 0.29) is 5.56 Å². The first kappa shape index (κ1) is 14.9. The molecule has 1 aliphatic rings. The Bertz CT molecular complexity index is 1070.